The van der Waals surface area contributed by atoms with E-state index in [1.807, 2.05) is 45.0 Å². The predicted molar refractivity (Wildman–Crippen MR) is 65.2 cm³/mol. The quantitative estimate of drug-likeness (QED) is 0.772. The van der Waals surface area contributed by atoms with Crippen molar-refractivity contribution in [2.75, 3.05) is 0 Å². The highest BCUT2D eigenvalue weighted by Crippen LogP contribution is 2.17. The van der Waals surface area contributed by atoms with Gasteiger partial charge in [0, 0.05) is 12.0 Å². The van der Waals surface area contributed by atoms with Crippen molar-refractivity contribution in [1.29, 1.82) is 0 Å². The van der Waals surface area contributed by atoms with E-state index in [0.717, 1.165) is 12.0 Å². The van der Waals surface area contributed by atoms with Crippen LogP contribution in [0, 0.1) is 6.92 Å². The molecular weight excluding hydrogens is 200 g/mol. The van der Waals surface area contributed by atoms with Crippen LogP contribution >= 0.6 is 0 Å². The largest absolute Gasteiger partial charge is 0.421 e. The molecule has 0 aliphatic heterocycles. The molecule has 0 aliphatic rings. The summed E-state index contributed by atoms with van der Waals surface area (Å²) >= 11 is 0. The fourth-order valence-electron chi connectivity index (χ4n) is 1.21. The molecule has 0 aliphatic carbocycles. The third-order valence-electron chi connectivity index (χ3n) is 2.07. The van der Waals surface area contributed by atoms with Gasteiger partial charge in [-0.2, -0.15) is 0 Å². The first-order chi connectivity index (χ1) is 7.79. The average Bonchev–Trinajstić information content (AvgIpc) is 2.81. The highest BCUT2D eigenvalue weighted by atomic mass is 16.4. The SMILES string of the molecule is CC.CCc1nnc(-c2ccc(C)cc2)o1. The molecule has 2 aromatic rings. The first-order valence-corrected chi connectivity index (χ1v) is 5.69. The average molecular weight is 218 g/mol. The van der Waals surface area contributed by atoms with Gasteiger partial charge in [0.2, 0.25) is 11.8 Å². The molecule has 0 spiro atoms. The predicted octanol–water partition coefficient (Wildman–Crippen LogP) is 3.63. The number of nitrogens with zero attached hydrogens (tertiary/aromatic N) is 2. The number of hydrogen-bond donors (Lipinski definition) is 0. The van der Waals surface area contributed by atoms with Crippen LogP contribution in [-0.4, -0.2) is 10.2 Å². The van der Waals surface area contributed by atoms with E-state index in [0.29, 0.717) is 11.8 Å². The lowest BCUT2D eigenvalue weighted by atomic mass is 10.1. The lowest BCUT2D eigenvalue weighted by Crippen LogP contribution is -1.78. The van der Waals surface area contributed by atoms with Crippen molar-refractivity contribution in [1.82, 2.24) is 10.2 Å². The summed E-state index contributed by atoms with van der Waals surface area (Å²) in [5.41, 5.74) is 2.20. The second-order valence-corrected chi connectivity index (χ2v) is 3.22. The maximum atomic E-state index is 5.44. The Hall–Kier alpha value is -1.64. The summed E-state index contributed by atoms with van der Waals surface area (Å²) in [6.07, 6.45) is 0.777. The molecule has 0 radical (unpaired) electrons. The molecule has 1 heterocycles. The van der Waals surface area contributed by atoms with Crippen LogP contribution in [0.2, 0.25) is 0 Å². The molecule has 1 aromatic heterocycles. The zero-order valence-electron chi connectivity index (χ0n) is 10.3. The first kappa shape index (κ1) is 12.4. The molecule has 3 nitrogen and oxygen atoms in total. The van der Waals surface area contributed by atoms with Crippen molar-refractivity contribution in [3.8, 4) is 11.5 Å². The molecule has 0 atom stereocenters. The van der Waals surface area contributed by atoms with Gasteiger partial charge in [-0.3, -0.25) is 0 Å². The lowest BCUT2D eigenvalue weighted by Gasteiger charge is -1.94. The van der Waals surface area contributed by atoms with Crippen LogP contribution in [0.3, 0.4) is 0 Å². The van der Waals surface area contributed by atoms with Crippen molar-refractivity contribution >= 4 is 0 Å². The van der Waals surface area contributed by atoms with E-state index in [4.69, 9.17) is 4.42 Å². The van der Waals surface area contributed by atoms with Gasteiger partial charge in [-0.25, -0.2) is 0 Å². The van der Waals surface area contributed by atoms with Crippen LogP contribution in [0.1, 0.15) is 32.2 Å². The van der Waals surface area contributed by atoms with Crippen molar-refractivity contribution in [2.45, 2.75) is 34.1 Å². The summed E-state index contributed by atoms with van der Waals surface area (Å²) in [5, 5.41) is 7.89. The van der Waals surface area contributed by atoms with Gasteiger partial charge in [-0.1, -0.05) is 38.5 Å². The third kappa shape index (κ3) is 2.92. The Kier molecular flexibility index (Phi) is 4.70. The minimum atomic E-state index is 0.599. The summed E-state index contributed by atoms with van der Waals surface area (Å²) in [4.78, 5) is 0. The molecule has 0 fully saturated rings. The maximum Gasteiger partial charge on any atom is 0.247 e. The Morgan fingerprint density at radius 2 is 1.69 bits per heavy atom. The maximum absolute atomic E-state index is 5.44. The van der Waals surface area contributed by atoms with Crippen LogP contribution in [-0.2, 0) is 6.42 Å². The highest BCUT2D eigenvalue weighted by molar-refractivity contribution is 5.52. The summed E-state index contributed by atoms with van der Waals surface area (Å²) < 4.78 is 5.44. The zero-order valence-corrected chi connectivity index (χ0v) is 10.3. The standard InChI is InChI=1S/C11H12N2O.C2H6/c1-3-10-12-13-11(14-10)9-6-4-8(2)5-7-9;1-2/h4-7H,3H2,1-2H3;1-2H3. The lowest BCUT2D eigenvalue weighted by molar-refractivity contribution is 0.513. The van der Waals surface area contributed by atoms with Crippen molar-refractivity contribution in [3.63, 3.8) is 0 Å². The van der Waals surface area contributed by atoms with E-state index in [-0.39, 0.29) is 0 Å². The fraction of sp³-hybridized carbons (Fsp3) is 0.385. The van der Waals surface area contributed by atoms with Crippen LogP contribution in [0.5, 0.6) is 0 Å². The molecule has 3 heteroatoms. The second kappa shape index (κ2) is 6.05. The van der Waals surface area contributed by atoms with Gasteiger partial charge in [0.1, 0.15) is 0 Å². The van der Waals surface area contributed by atoms with Gasteiger partial charge in [-0.15, -0.1) is 10.2 Å². The minimum absolute atomic E-state index is 0.599. The minimum Gasteiger partial charge on any atom is -0.421 e. The van der Waals surface area contributed by atoms with E-state index < -0.39 is 0 Å². The molecule has 0 unspecified atom stereocenters. The van der Waals surface area contributed by atoms with E-state index in [2.05, 4.69) is 17.1 Å². The van der Waals surface area contributed by atoms with Crippen molar-refractivity contribution in [2.24, 2.45) is 0 Å². The molecule has 1 aromatic carbocycles. The normalized spacial score (nSPS) is 9.50. The monoisotopic (exact) mass is 218 g/mol. The Balaban J connectivity index is 0.000000606. The summed E-state index contributed by atoms with van der Waals surface area (Å²) in [6.45, 7) is 8.04. The number of hydrogen-bond acceptors (Lipinski definition) is 3. The van der Waals surface area contributed by atoms with Gasteiger partial charge in [0.15, 0.2) is 0 Å². The van der Waals surface area contributed by atoms with E-state index in [9.17, 15) is 0 Å². The van der Waals surface area contributed by atoms with E-state index in [1.54, 1.807) is 0 Å². The van der Waals surface area contributed by atoms with Crippen LogP contribution in [0.4, 0.5) is 0 Å². The summed E-state index contributed by atoms with van der Waals surface area (Å²) in [7, 11) is 0. The van der Waals surface area contributed by atoms with Crippen LogP contribution in [0.25, 0.3) is 11.5 Å². The van der Waals surface area contributed by atoms with Gasteiger partial charge >= 0.3 is 0 Å². The van der Waals surface area contributed by atoms with Gasteiger partial charge in [0.05, 0.1) is 0 Å². The van der Waals surface area contributed by atoms with Crippen LogP contribution in [0.15, 0.2) is 28.7 Å². The topological polar surface area (TPSA) is 38.9 Å². The molecule has 0 N–H and O–H groups in total. The summed E-state index contributed by atoms with van der Waals surface area (Å²) in [6, 6.07) is 8.04. The molecule has 16 heavy (non-hydrogen) atoms. The van der Waals surface area contributed by atoms with Crippen molar-refractivity contribution in [3.05, 3.63) is 35.7 Å². The van der Waals surface area contributed by atoms with Gasteiger partial charge in [-0.05, 0) is 19.1 Å². The van der Waals surface area contributed by atoms with Gasteiger partial charge in [0.25, 0.3) is 0 Å². The number of rotatable bonds is 2. The summed E-state index contributed by atoms with van der Waals surface area (Å²) in [5.74, 6) is 1.28. The van der Waals surface area contributed by atoms with Crippen LogP contribution < -0.4 is 0 Å². The molecular formula is C13H18N2O. The molecule has 0 amide bonds. The molecule has 0 saturated carbocycles. The van der Waals surface area contributed by atoms with Gasteiger partial charge < -0.3 is 4.42 Å². The highest BCUT2D eigenvalue weighted by Gasteiger charge is 2.05. The third-order valence-corrected chi connectivity index (χ3v) is 2.07. The number of benzene rings is 1. The molecule has 86 valence electrons. The Labute approximate surface area is 96.5 Å². The van der Waals surface area contributed by atoms with E-state index in [1.165, 1.54) is 5.56 Å². The molecule has 0 bridgehead atoms. The first-order valence-electron chi connectivity index (χ1n) is 5.69. The smallest absolute Gasteiger partial charge is 0.247 e. The van der Waals surface area contributed by atoms with Crippen molar-refractivity contribution < 1.29 is 4.42 Å². The number of aromatic nitrogens is 2. The zero-order chi connectivity index (χ0) is 12.0. The molecule has 0 saturated heterocycles. The number of aryl methyl sites for hydroxylation is 2. The Morgan fingerprint density at radius 1 is 1.06 bits per heavy atom. The second-order valence-electron chi connectivity index (χ2n) is 3.22. The fourth-order valence-corrected chi connectivity index (χ4v) is 1.21. The Bertz CT molecular complexity index is 418. The van der Waals surface area contributed by atoms with E-state index >= 15 is 0 Å². The Morgan fingerprint density at radius 3 is 2.19 bits per heavy atom. The molecule has 2 rings (SSSR count).